The van der Waals surface area contributed by atoms with Gasteiger partial charge < -0.3 is 10.2 Å². The van der Waals surface area contributed by atoms with Gasteiger partial charge in [0.1, 0.15) is 0 Å². The minimum Gasteiger partial charge on any atom is -0.333 e. The van der Waals surface area contributed by atoms with E-state index in [0.29, 0.717) is 0 Å². The summed E-state index contributed by atoms with van der Waals surface area (Å²) in [5.74, 6) is 0. The van der Waals surface area contributed by atoms with Gasteiger partial charge in [0, 0.05) is 6.42 Å². The molecule has 0 saturated heterocycles. The highest BCUT2D eigenvalue weighted by atomic mass is 32.1. The lowest BCUT2D eigenvalue weighted by Gasteiger charge is -2.35. The van der Waals surface area contributed by atoms with Crippen LogP contribution in [0.4, 0.5) is 0 Å². The molecule has 128 valence electrons. The average molecular weight is 326 g/mol. The Morgan fingerprint density at radius 2 is 1.18 bits per heavy atom. The molecule has 0 atom stereocenters. The van der Waals surface area contributed by atoms with Crippen LogP contribution < -0.4 is 5.73 Å². The number of hydrogen-bond donors (Lipinski definition) is 1. The fraction of sp³-hybridized carbons (Fsp3) is 0.632. The van der Waals surface area contributed by atoms with Crippen molar-refractivity contribution in [2.24, 2.45) is 5.73 Å². The third kappa shape index (κ3) is 11.8. The van der Waals surface area contributed by atoms with Crippen molar-refractivity contribution in [3.8, 4) is 0 Å². The van der Waals surface area contributed by atoms with Crippen LogP contribution >= 0.6 is 12.2 Å². The maximum Gasteiger partial charge on any atom is 0.0789 e. The first-order valence-electron chi connectivity index (χ1n) is 8.58. The summed E-state index contributed by atoms with van der Waals surface area (Å²) in [7, 11) is 1.50. The summed E-state index contributed by atoms with van der Waals surface area (Å²) in [6, 6.07) is 12.0. The number of quaternary nitrogens is 1. The SMILES string of the molecule is CCC(=S)CCC[N+](CC)(CC)CC.CN.c1ccccc1. The molecule has 0 radical (unpaired) electrons. The molecular formula is C19H37N2S+. The first-order valence-corrected chi connectivity index (χ1v) is 8.99. The van der Waals surface area contributed by atoms with Crippen LogP contribution in [0.1, 0.15) is 47.0 Å². The highest BCUT2D eigenvalue weighted by Crippen LogP contribution is 2.09. The van der Waals surface area contributed by atoms with E-state index in [1.165, 1.54) is 49.0 Å². The van der Waals surface area contributed by atoms with Gasteiger partial charge in [-0.3, -0.25) is 0 Å². The van der Waals surface area contributed by atoms with Gasteiger partial charge in [-0.05, 0) is 45.5 Å². The third-order valence-electron chi connectivity index (χ3n) is 4.16. The molecule has 0 fully saturated rings. The quantitative estimate of drug-likeness (QED) is 0.554. The zero-order chi connectivity index (χ0) is 17.3. The minimum atomic E-state index is 1.07. The van der Waals surface area contributed by atoms with Crippen molar-refractivity contribution < 1.29 is 4.48 Å². The molecule has 22 heavy (non-hydrogen) atoms. The van der Waals surface area contributed by atoms with Gasteiger partial charge in [-0.1, -0.05) is 55.5 Å². The van der Waals surface area contributed by atoms with E-state index in [4.69, 9.17) is 12.2 Å². The summed E-state index contributed by atoms with van der Waals surface area (Å²) in [5.41, 5.74) is 4.50. The van der Waals surface area contributed by atoms with Crippen molar-refractivity contribution >= 4 is 17.1 Å². The Hall–Kier alpha value is -0.770. The number of rotatable bonds is 8. The number of nitrogens with two attached hydrogens (primary N) is 1. The van der Waals surface area contributed by atoms with Crippen molar-refractivity contribution in [1.29, 1.82) is 0 Å². The van der Waals surface area contributed by atoms with Crippen LogP contribution in [0.2, 0.25) is 0 Å². The Balaban J connectivity index is 0. The second-order valence-electron chi connectivity index (χ2n) is 5.16. The fourth-order valence-corrected chi connectivity index (χ4v) is 2.46. The Labute approximate surface area is 144 Å². The lowest BCUT2D eigenvalue weighted by atomic mass is 10.1. The molecule has 0 unspecified atom stereocenters. The van der Waals surface area contributed by atoms with Crippen molar-refractivity contribution in [3.05, 3.63) is 36.4 Å². The summed E-state index contributed by atoms with van der Waals surface area (Å²) in [6.45, 7) is 14.1. The van der Waals surface area contributed by atoms with Gasteiger partial charge in [0.05, 0.1) is 26.2 Å². The molecule has 0 aliphatic heterocycles. The predicted molar refractivity (Wildman–Crippen MR) is 105 cm³/mol. The van der Waals surface area contributed by atoms with Crippen LogP contribution in [0.3, 0.4) is 0 Å². The Morgan fingerprint density at radius 3 is 1.45 bits per heavy atom. The van der Waals surface area contributed by atoms with Crippen LogP contribution in [-0.4, -0.2) is 42.6 Å². The minimum absolute atomic E-state index is 1.07. The Kier molecular flexibility index (Phi) is 17.7. The molecule has 2 nitrogen and oxygen atoms in total. The number of thiocarbonyl (C=S) groups is 1. The van der Waals surface area contributed by atoms with E-state index in [1.54, 1.807) is 0 Å². The van der Waals surface area contributed by atoms with Gasteiger partial charge in [0.15, 0.2) is 0 Å². The van der Waals surface area contributed by atoms with Gasteiger partial charge in [-0.25, -0.2) is 0 Å². The second kappa shape index (κ2) is 16.6. The van der Waals surface area contributed by atoms with Gasteiger partial charge in [-0.2, -0.15) is 0 Å². The van der Waals surface area contributed by atoms with Crippen molar-refractivity contribution in [1.82, 2.24) is 0 Å². The molecule has 0 aliphatic rings. The molecule has 0 bridgehead atoms. The van der Waals surface area contributed by atoms with E-state index in [-0.39, 0.29) is 0 Å². The lowest BCUT2D eigenvalue weighted by molar-refractivity contribution is -0.923. The van der Waals surface area contributed by atoms with E-state index >= 15 is 0 Å². The van der Waals surface area contributed by atoms with Gasteiger partial charge in [0.2, 0.25) is 0 Å². The Bertz CT molecular complexity index is 300. The molecule has 0 aliphatic carbocycles. The van der Waals surface area contributed by atoms with E-state index in [9.17, 15) is 0 Å². The molecule has 1 rings (SSSR count). The topological polar surface area (TPSA) is 26.0 Å². The van der Waals surface area contributed by atoms with Gasteiger partial charge in [-0.15, -0.1) is 0 Å². The molecule has 0 heterocycles. The van der Waals surface area contributed by atoms with Crippen LogP contribution in [-0.2, 0) is 0 Å². The van der Waals surface area contributed by atoms with Crippen LogP contribution in [0.15, 0.2) is 36.4 Å². The summed E-state index contributed by atoms with van der Waals surface area (Å²) >= 11 is 5.25. The molecular weight excluding hydrogens is 288 g/mol. The number of benzene rings is 1. The zero-order valence-corrected chi connectivity index (χ0v) is 16.2. The Morgan fingerprint density at radius 1 is 0.818 bits per heavy atom. The van der Waals surface area contributed by atoms with Gasteiger partial charge in [0.25, 0.3) is 0 Å². The summed E-state index contributed by atoms with van der Waals surface area (Å²) in [6.07, 6.45) is 3.48. The third-order valence-corrected chi connectivity index (χ3v) is 4.65. The molecule has 1 aromatic rings. The first-order chi connectivity index (χ1) is 10.6. The molecule has 3 heteroatoms. The predicted octanol–water partition coefficient (Wildman–Crippen LogP) is 4.68. The van der Waals surface area contributed by atoms with Crippen molar-refractivity contribution in [2.45, 2.75) is 47.0 Å². The van der Waals surface area contributed by atoms with Crippen LogP contribution in [0.25, 0.3) is 0 Å². The standard InChI is InChI=1S/C12H26NS.C6H6.CH5N/c1-5-12(14)10-9-11-13(6-2,7-3)8-4;1-2-4-6-5-3-1;1-2/h5-11H2,1-4H3;1-6H;2H2,1H3/q+1;;. The summed E-state index contributed by atoms with van der Waals surface area (Å²) in [5, 5.41) is 0. The van der Waals surface area contributed by atoms with E-state index in [2.05, 4.69) is 33.4 Å². The lowest BCUT2D eigenvalue weighted by Crippen LogP contribution is -2.48. The number of nitrogens with zero attached hydrogens (tertiary/aromatic N) is 1. The highest BCUT2D eigenvalue weighted by molar-refractivity contribution is 7.80. The molecule has 0 aromatic heterocycles. The second-order valence-corrected chi connectivity index (χ2v) is 5.74. The van der Waals surface area contributed by atoms with E-state index in [0.717, 1.165) is 12.8 Å². The molecule has 0 saturated carbocycles. The molecule has 1 aromatic carbocycles. The van der Waals surface area contributed by atoms with E-state index < -0.39 is 0 Å². The normalized spacial score (nSPS) is 9.91. The summed E-state index contributed by atoms with van der Waals surface area (Å²) in [4.78, 5) is 1.24. The highest BCUT2D eigenvalue weighted by Gasteiger charge is 2.19. The van der Waals surface area contributed by atoms with Crippen LogP contribution in [0, 0.1) is 0 Å². The maximum atomic E-state index is 5.25. The molecule has 2 N–H and O–H groups in total. The van der Waals surface area contributed by atoms with Crippen LogP contribution in [0.5, 0.6) is 0 Å². The smallest absolute Gasteiger partial charge is 0.0789 e. The molecule has 0 spiro atoms. The maximum absolute atomic E-state index is 5.25. The number of hydrogen-bond acceptors (Lipinski definition) is 2. The van der Waals surface area contributed by atoms with Crippen molar-refractivity contribution in [2.75, 3.05) is 33.2 Å². The van der Waals surface area contributed by atoms with Crippen molar-refractivity contribution in [3.63, 3.8) is 0 Å². The molecule has 0 amide bonds. The fourth-order valence-electron chi connectivity index (χ4n) is 2.32. The van der Waals surface area contributed by atoms with Gasteiger partial charge >= 0.3 is 0 Å². The van der Waals surface area contributed by atoms with E-state index in [1.807, 2.05) is 36.4 Å². The first kappa shape index (κ1) is 23.5. The zero-order valence-electron chi connectivity index (χ0n) is 15.3. The average Bonchev–Trinajstić information content (AvgIpc) is 2.62. The monoisotopic (exact) mass is 325 g/mol. The largest absolute Gasteiger partial charge is 0.333 e. The summed E-state index contributed by atoms with van der Waals surface area (Å²) < 4.78 is 1.26.